The molecule has 1 heterocycles. The van der Waals surface area contributed by atoms with E-state index in [9.17, 15) is 13.6 Å². The summed E-state index contributed by atoms with van der Waals surface area (Å²) in [5, 5.41) is 5.98. The second-order valence-electron chi connectivity index (χ2n) is 6.00. The minimum Gasteiger partial charge on any atom is -0.435 e. The SMILES string of the molecule is O=C(Nc1ccc(OC(F)F)c(Cc2ccccc2)c1)C1CCCN1. The Morgan fingerprint density at radius 2 is 2.04 bits per heavy atom. The Morgan fingerprint density at radius 1 is 1.24 bits per heavy atom. The molecule has 2 aromatic rings. The van der Waals surface area contributed by atoms with Crippen molar-refractivity contribution in [2.24, 2.45) is 0 Å². The van der Waals surface area contributed by atoms with Crippen LogP contribution in [0.4, 0.5) is 14.5 Å². The van der Waals surface area contributed by atoms with Crippen molar-refractivity contribution in [2.45, 2.75) is 31.9 Å². The molecule has 6 heteroatoms. The summed E-state index contributed by atoms with van der Waals surface area (Å²) in [5.41, 5.74) is 2.15. The van der Waals surface area contributed by atoms with Crippen LogP contribution in [0.5, 0.6) is 5.75 Å². The molecule has 1 fully saturated rings. The maximum Gasteiger partial charge on any atom is 0.387 e. The smallest absolute Gasteiger partial charge is 0.387 e. The molecule has 25 heavy (non-hydrogen) atoms. The fraction of sp³-hybridized carbons (Fsp3) is 0.316. The lowest BCUT2D eigenvalue weighted by atomic mass is 10.0. The van der Waals surface area contributed by atoms with Gasteiger partial charge in [-0.25, -0.2) is 0 Å². The van der Waals surface area contributed by atoms with E-state index < -0.39 is 6.61 Å². The standard InChI is InChI=1S/C19H20F2N2O2/c20-19(21)25-17-9-8-15(23-18(24)16-7-4-10-22-16)12-14(17)11-13-5-2-1-3-6-13/h1-3,5-6,8-9,12,16,19,22H,4,7,10-11H2,(H,23,24). The van der Waals surface area contributed by atoms with E-state index in [2.05, 4.69) is 15.4 Å². The van der Waals surface area contributed by atoms with Crippen molar-refractivity contribution >= 4 is 11.6 Å². The highest BCUT2D eigenvalue weighted by molar-refractivity contribution is 5.95. The van der Waals surface area contributed by atoms with Crippen LogP contribution in [0.25, 0.3) is 0 Å². The van der Waals surface area contributed by atoms with Crippen LogP contribution in [0.1, 0.15) is 24.0 Å². The van der Waals surface area contributed by atoms with Gasteiger partial charge in [-0.05, 0) is 43.1 Å². The monoisotopic (exact) mass is 346 g/mol. The van der Waals surface area contributed by atoms with Crippen molar-refractivity contribution in [3.8, 4) is 5.75 Å². The van der Waals surface area contributed by atoms with Crippen LogP contribution in [0, 0.1) is 0 Å². The van der Waals surface area contributed by atoms with Crippen LogP contribution in [0.3, 0.4) is 0 Å². The Morgan fingerprint density at radius 3 is 2.72 bits per heavy atom. The van der Waals surface area contributed by atoms with Gasteiger partial charge in [-0.15, -0.1) is 0 Å². The van der Waals surface area contributed by atoms with Gasteiger partial charge in [-0.3, -0.25) is 4.79 Å². The number of hydrogen-bond donors (Lipinski definition) is 2. The molecule has 1 saturated heterocycles. The van der Waals surface area contributed by atoms with Gasteiger partial charge in [0.05, 0.1) is 6.04 Å². The van der Waals surface area contributed by atoms with Crippen molar-refractivity contribution < 1.29 is 18.3 Å². The van der Waals surface area contributed by atoms with Crippen LogP contribution in [0.15, 0.2) is 48.5 Å². The number of benzene rings is 2. The van der Waals surface area contributed by atoms with Gasteiger partial charge in [0.1, 0.15) is 5.75 Å². The summed E-state index contributed by atoms with van der Waals surface area (Å²) in [6.45, 7) is -2.06. The van der Waals surface area contributed by atoms with Gasteiger partial charge in [0.2, 0.25) is 5.91 Å². The summed E-state index contributed by atoms with van der Waals surface area (Å²) in [6, 6.07) is 14.1. The molecule has 0 aromatic heterocycles. The number of amides is 1. The third kappa shape index (κ3) is 4.76. The van der Waals surface area contributed by atoms with Crippen LogP contribution in [-0.4, -0.2) is 25.1 Å². The second-order valence-corrected chi connectivity index (χ2v) is 6.00. The molecule has 2 N–H and O–H groups in total. The molecular formula is C19H20F2N2O2. The summed E-state index contributed by atoms with van der Waals surface area (Å²) in [5.74, 6) is 0.0153. The average Bonchev–Trinajstić information content (AvgIpc) is 3.12. The van der Waals surface area contributed by atoms with Gasteiger partial charge in [0.15, 0.2) is 0 Å². The zero-order valence-corrected chi connectivity index (χ0v) is 13.7. The van der Waals surface area contributed by atoms with Gasteiger partial charge in [-0.1, -0.05) is 30.3 Å². The molecule has 0 bridgehead atoms. The summed E-state index contributed by atoms with van der Waals surface area (Å²) >= 11 is 0. The number of anilines is 1. The molecule has 132 valence electrons. The molecule has 1 aliphatic heterocycles. The summed E-state index contributed by atoms with van der Waals surface area (Å²) < 4.78 is 29.9. The topological polar surface area (TPSA) is 50.4 Å². The highest BCUT2D eigenvalue weighted by Gasteiger charge is 2.22. The van der Waals surface area contributed by atoms with Gasteiger partial charge in [-0.2, -0.15) is 8.78 Å². The van der Waals surface area contributed by atoms with Gasteiger partial charge in [0.25, 0.3) is 0 Å². The average molecular weight is 346 g/mol. The predicted molar refractivity (Wildman–Crippen MR) is 92.0 cm³/mol. The van der Waals surface area contributed by atoms with Crippen LogP contribution in [-0.2, 0) is 11.2 Å². The molecule has 0 spiro atoms. The number of alkyl halides is 2. The maximum atomic E-state index is 12.7. The minimum absolute atomic E-state index is 0.106. The summed E-state index contributed by atoms with van der Waals surface area (Å²) in [7, 11) is 0. The quantitative estimate of drug-likeness (QED) is 0.841. The van der Waals surface area contributed by atoms with Crippen molar-refractivity contribution in [3.63, 3.8) is 0 Å². The lowest BCUT2D eigenvalue weighted by Crippen LogP contribution is -2.35. The predicted octanol–water partition coefficient (Wildman–Crippen LogP) is 3.57. The number of carbonyl (C=O) groups excluding carboxylic acids is 1. The van der Waals surface area contributed by atoms with E-state index in [1.165, 1.54) is 6.07 Å². The fourth-order valence-electron chi connectivity index (χ4n) is 2.96. The Bertz CT molecular complexity index is 717. The van der Waals surface area contributed by atoms with Gasteiger partial charge < -0.3 is 15.4 Å². The lowest BCUT2D eigenvalue weighted by molar-refractivity contribution is -0.117. The van der Waals surface area contributed by atoms with E-state index in [1.807, 2.05) is 30.3 Å². The number of ether oxygens (including phenoxy) is 1. The van der Waals surface area contributed by atoms with Crippen molar-refractivity contribution in [3.05, 3.63) is 59.7 Å². The Hall–Kier alpha value is -2.47. The minimum atomic E-state index is -2.89. The van der Waals surface area contributed by atoms with Crippen LogP contribution < -0.4 is 15.4 Å². The molecule has 1 unspecified atom stereocenters. The Labute approximate surface area is 145 Å². The summed E-state index contributed by atoms with van der Waals surface area (Å²) in [4.78, 5) is 12.2. The first-order valence-corrected chi connectivity index (χ1v) is 8.28. The number of halogens is 2. The molecular weight excluding hydrogens is 326 g/mol. The normalized spacial score (nSPS) is 16.8. The van der Waals surface area contributed by atoms with E-state index in [-0.39, 0.29) is 17.7 Å². The molecule has 1 aliphatic rings. The van der Waals surface area contributed by atoms with Gasteiger partial charge in [0, 0.05) is 17.7 Å². The first-order chi connectivity index (χ1) is 12.1. The van der Waals surface area contributed by atoms with Crippen LogP contribution in [0.2, 0.25) is 0 Å². The molecule has 2 aromatic carbocycles. The Balaban J connectivity index is 1.80. The first-order valence-electron chi connectivity index (χ1n) is 8.28. The zero-order chi connectivity index (χ0) is 17.6. The van der Waals surface area contributed by atoms with E-state index >= 15 is 0 Å². The second kappa shape index (κ2) is 8.07. The number of hydrogen-bond acceptors (Lipinski definition) is 3. The Kier molecular flexibility index (Phi) is 5.60. The third-order valence-electron chi connectivity index (χ3n) is 4.16. The molecule has 4 nitrogen and oxygen atoms in total. The molecule has 0 radical (unpaired) electrons. The van der Waals surface area contributed by atoms with E-state index in [0.29, 0.717) is 17.7 Å². The van der Waals surface area contributed by atoms with Crippen molar-refractivity contribution in [1.29, 1.82) is 0 Å². The highest BCUT2D eigenvalue weighted by atomic mass is 19.3. The number of nitrogens with one attached hydrogen (secondary N) is 2. The highest BCUT2D eigenvalue weighted by Crippen LogP contribution is 2.27. The molecule has 0 aliphatic carbocycles. The number of rotatable bonds is 6. The summed E-state index contributed by atoms with van der Waals surface area (Å²) in [6.07, 6.45) is 2.21. The molecule has 3 rings (SSSR count). The van der Waals surface area contributed by atoms with E-state index in [0.717, 1.165) is 24.9 Å². The zero-order valence-electron chi connectivity index (χ0n) is 13.7. The molecule has 1 amide bonds. The van der Waals surface area contributed by atoms with E-state index in [4.69, 9.17) is 0 Å². The van der Waals surface area contributed by atoms with Crippen molar-refractivity contribution in [1.82, 2.24) is 5.32 Å². The third-order valence-corrected chi connectivity index (χ3v) is 4.16. The lowest BCUT2D eigenvalue weighted by Gasteiger charge is -2.15. The molecule has 1 atom stereocenters. The van der Waals surface area contributed by atoms with Crippen molar-refractivity contribution in [2.75, 3.05) is 11.9 Å². The first kappa shape index (κ1) is 17.4. The largest absolute Gasteiger partial charge is 0.435 e. The fourth-order valence-corrected chi connectivity index (χ4v) is 2.96. The van der Waals surface area contributed by atoms with Crippen LogP contribution >= 0.6 is 0 Å². The maximum absolute atomic E-state index is 12.7. The van der Waals surface area contributed by atoms with Gasteiger partial charge >= 0.3 is 6.61 Å². The molecule has 0 saturated carbocycles. The number of carbonyl (C=O) groups is 1. The van der Waals surface area contributed by atoms with E-state index in [1.54, 1.807) is 12.1 Å².